The molecular weight excluding hydrogens is 532 g/mol. The predicted octanol–water partition coefficient (Wildman–Crippen LogP) is 6.40. The van der Waals surface area contributed by atoms with Crippen LogP contribution in [0.15, 0.2) is 132 Å². The number of hydrogen-bond donors (Lipinski definition) is 1. The molecule has 0 amide bonds. The summed E-state index contributed by atoms with van der Waals surface area (Å²) in [6.45, 7) is 0. The smallest absolute Gasteiger partial charge is 0.182 e. The van der Waals surface area contributed by atoms with E-state index in [-0.39, 0.29) is 0 Å². The monoisotopic (exact) mass is 560 g/mol. The van der Waals surface area contributed by atoms with Gasteiger partial charge in [-0.1, -0.05) is 121 Å². The number of allylic oxidation sites excluding steroid dienone is 1. The van der Waals surface area contributed by atoms with E-state index in [1.54, 1.807) is 7.05 Å². The van der Waals surface area contributed by atoms with Crippen LogP contribution in [0.1, 0.15) is 11.6 Å². The van der Waals surface area contributed by atoms with Crippen LogP contribution >= 0.6 is 0 Å². The zero-order chi connectivity index (χ0) is 29.4. The molecule has 8 heteroatoms. The minimum absolute atomic E-state index is 0.434. The van der Waals surface area contributed by atoms with Gasteiger partial charge in [-0.3, -0.25) is 4.99 Å². The summed E-state index contributed by atoms with van der Waals surface area (Å²) in [6.07, 6.45) is 1.86. The first kappa shape index (κ1) is 27.3. The second kappa shape index (κ2) is 12.7. The number of aliphatic imine (C=N–C) groups is 1. The molecule has 208 valence electrons. The van der Waals surface area contributed by atoms with E-state index in [0.717, 1.165) is 22.3 Å². The van der Waals surface area contributed by atoms with Gasteiger partial charge in [0, 0.05) is 36.3 Å². The average Bonchev–Trinajstić information content (AvgIpc) is 3.10. The molecule has 0 unspecified atom stereocenters. The summed E-state index contributed by atoms with van der Waals surface area (Å²) in [5, 5.41) is 3.26. The van der Waals surface area contributed by atoms with E-state index < -0.39 is 0 Å². The number of hydrogen-bond acceptors (Lipinski definition) is 8. The summed E-state index contributed by atoms with van der Waals surface area (Å²) in [5.41, 5.74) is 4.73. The third kappa shape index (κ3) is 6.23. The van der Waals surface area contributed by atoms with Crippen molar-refractivity contribution in [3.63, 3.8) is 0 Å². The van der Waals surface area contributed by atoms with E-state index in [9.17, 15) is 0 Å². The van der Waals surface area contributed by atoms with Gasteiger partial charge < -0.3 is 5.32 Å². The Morgan fingerprint density at radius 2 is 0.814 bits per heavy atom. The van der Waals surface area contributed by atoms with Crippen molar-refractivity contribution in [1.29, 1.82) is 0 Å². The fourth-order valence-electron chi connectivity index (χ4n) is 4.47. The molecule has 0 atom stereocenters. The Hall–Kier alpha value is -5.89. The van der Waals surface area contributed by atoms with E-state index >= 15 is 0 Å². The molecule has 6 rings (SSSR count). The van der Waals surface area contributed by atoms with Gasteiger partial charge in [-0.05, 0) is 6.08 Å². The molecule has 2 aromatic heterocycles. The van der Waals surface area contributed by atoms with Crippen LogP contribution in [-0.4, -0.2) is 49.7 Å². The van der Waals surface area contributed by atoms with Crippen molar-refractivity contribution < 1.29 is 0 Å². The first-order valence-corrected chi connectivity index (χ1v) is 13.8. The second-order valence-electron chi connectivity index (χ2n) is 9.49. The zero-order valence-corrected chi connectivity index (χ0v) is 23.8. The fourth-order valence-corrected chi connectivity index (χ4v) is 4.47. The molecule has 0 saturated heterocycles. The third-order valence-electron chi connectivity index (χ3n) is 6.66. The summed E-state index contributed by atoms with van der Waals surface area (Å²) < 4.78 is 0. The van der Waals surface area contributed by atoms with Crippen LogP contribution < -0.4 is 5.32 Å². The Balaban J connectivity index is 1.49. The highest BCUT2D eigenvalue weighted by atomic mass is 15.1. The Morgan fingerprint density at radius 1 is 0.488 bits per heavy atom. The summed E-state index contributed by atoms with van der Waals surface area (Å²) in [5.74, 6) is 3.16. The number of benzene rings is 4. The fraction of sp³-hybridized carbons (Fsp3) is 0.0571. The molecule has 0 aliphatic rings. The van der Waals surface area contributed by atoms with Crippen molar-refractivity contribution >= 4 is 11.4 Å². The average molecular weight is 561 g/mol. The molecule has 0 spiro atoms. The molecular formula is C35H28N8. The molecule has 0 aliphatic heterocycles. The number of nitrogens with one attached hydrogen (secondary N) is 1. The molecule has 0 fully saturated rings. The van der Waals surface area contributed by atoms with Gasteiger partial charge in [0.2, 0.25) is 0 Å². The summed E-state index contributed by atoms with van der Waals surface area (Å²) in [4.78, 5) is 33.5. The Bertz CT molecular complexity index is 1770. The predicted molar refractivity (Wildman–Crippen MR) is 171 cm³/mol. The second-order valence-corrected chi connectivity index (χ2v) is 9.49. The standard InChI is InChI=1S/C35H28N8/c1-36-28(34-40-30(24-15-7-3-8-16-24)38-31(41-34)25-17-9-4-10-18-25)23-29(37-2)35-42-32(26-19-11-5-12-20-26)39-33(43-35)27-21-13-6-14-22-27/h3-23,36H,1-2H3/b28-23-,37-29+. The van der Waals surface area contributed by atoms with E-state index in [1.165, 1.54) is 0 Å². The number of rotatable bonds is 8. The summed E-state index contributed by atoms with van der Waals surface area (Å²) in [7, 11) is 3.54. The molecule has 2 heterocycles. The third-order valence-corrected chi connectivity index (χ3v) is 6.66. The Morgan fingerprint density at radius 3 is 1.12 bits per heavy atom. The van der Waals surface area contributed by atoms with Crippen molar-refractivity contribution in [2.45, 2.75) is 0 Å². The van der Waals surface area contributed by atoms with E-state index in [2.05, 4.69) is 10.3 Å². The molecule has 4 aromatic carbocycles. The maximum absolute atomic E-state index is 4.85. The lowest BCUT2D eigenvalue weighted by Crippen LogP contribution is -2.15. The molecule has 43 heavy (non-hydrogen) atoms. The van der Waals surface area contributed by atoms with Gasteiger partial charge in [0.25, 0.3) is 0 Å². The Kier molecular flexibility index (Phi) is 8.08. The van der Waals surface area contributed by atoms with Gasteiger partial charge in [-0.25, -0.2) is 29.9 Å². The van der Waals surface area contributed by atoms with Crippen molar-refractivity contribution in [1.82, 2.24) is 35.2 Å². The van der Waals surface area contributed by atoms with Crippen molar-refractivity contribution in [2.75, 3.05) is 14.1 Å². The minimum Gasteiger partial charge on any atom is -0.385 e. The van der Waals surface area contributed by atoms with Crippen molar-refractivity contribution in [2.24, 2.45) is 4.99 Å². The SMILES string of the molecule is C/N=C(\C=C(/NC)c1nc(-c2ccccc2)nc(-c2ccccc2)n1)c1nc(-c2ccccc2)nc(-c2ccccc2)n1. The maximum Gasteiger partial charge on any atom is 0.182 e. The molecule has 1 N–H and O–H groups in total. The lowest BCUT2D eigenvalue weighted by atomic mass is 10.1. The molecule has 0 radical (unpaired) electrons. The number of nitrogens with zero attached hydrogens (tertiary/aromatic N) is 7. The van der Waals surface area contributed by atoms with Crippen LogP contribution in [-0.2, 0) is 0 Å². The van der Waals surface area contributed by atoms with Gasteiger partial charge in [-0.2, -0.15) is 0 Å². The zero-order valence-electron chi connectivity index (χ0n) is 23.8. The van der Waals surface area contributed by atoms with Gasteiger partial charge in [0.15, 0.2) is 34.9 Å². The topological polar surface area (TPSA) is 102 Å². The van der Waals surface area contributed by atoms with Gasteiger partial charge >= 0.3 is 0 Å². The van der Waals surface area contributed by atoms with Crippen LogP contribution in [0.2, 0.25) is 0 Å². The highest BCUT2D eigenvalue weighted by molar-refractivity contribution is 6.10. The van der Waals surface area contributed by atoms with Crippen LogP contribution in [0.5, 0.6) is 0 Å². The van der Waals surface area contributed by atoms with Crippen molar-refractivity contribution in [3.05, 3.63) is 139 Å². The molecule has 8 nitrogen and oxygen atoms in total. The Labute approximate surface area is 250 Å². The van der Waals surface area contributed by atoms with Crippen LogP contribution in [0, 0.1) is 0 Å². The van der Waals surface area contributed by atoms with E-state index in [4.69, 9.17) is 29.9 Å². The van der Waals surface area contributed by atoms with Gasteiger partial charge in [-0.15, -0.1) is 0 Å². The normalized spacial score (nSPS) is 11.8. The first-order valence-electron chi connectivity index (χ1n) is 13.8. The van der Waals surface area contributed by atoms with Gasteiger partial charge in [0.05, 0.1) is 5.70 Å². The summed E-state index contributed by atoms with van der Waals surface area (Å²) >= 11 is 0. The number of aromatic nitrogens is 6. The lowest BCUT2D eigenvalue weighted by Gasteiger charge is -2.12. The van der Waals surface area contributed by atoms with Crippen LogP contribution in [0.4, 0.5) is 0 Å². The van der Waals surface area contributed by atoms with Crippen LogP contribution in [0.3, 0.4) is 0 Å². The molecule has 6 aromatic rings. The molecule has 0 saturated carbocycles. The van der Waals surface area contributed by atoms with Crippen molar-refractivity contribution in [3.8, 4) is 45.6 Å². The minimum atomic E-state index is 0.434. The quantitative estimate of drug-likeness (QED) is 0.215. The highest BCUT2D eigenvalue weighted by Crippen LogP contribution is 2.24. The highest BCUT2D eigenvalue weighted by Gasteiger charge is 2.17. The molecule has 0 aliphatic carbocycles. The summed E-state index contributed by atoms with van der Waals surface area (Å²) in [6, 6.07) is 39.4. The van der Waals surface area contributed by atoms with E-state index in [1.807, 2.05) is 134 Å². The van der Waals surface area contributed by atoms with Crippen LogP contribution in [0.25, 0.3) is 51.2 Å². The molecule has 0 bridgehead atoms. The lowest BCUT2D eigenvalue weighted by molar-refractivity contribution is 0.990. The van der Waals surface area contributed by atoms with E-state index in [0.29, 0.717) is 46.4 Å². The first-order chi connectivity index (χ1) is 21.2. The largest absolute Gasteiger partial charge is 0.385 e. The maximum atomic E-state index is 4.85. The van der Waals surface area contributed by atoms with Gasteiger partial charge in [0.1, 0.15) is 5.71 Å².